The average molecular weight is 323 g/mol. The van der Waals surface area contributed by atoms with E-state index in [4.69, 9.17) is 4.42 Å². The van der Waals surface area contributed by atoms with Gasteiger partial charge in [0.25, 0.3) is 5.91 Å². The maximum atomic E-state index is 12.5. The van der Waals surface area contributed by atoms with Crippen LogP contribution in [0.2, 0.25) is 0 Å². The lowest BCUT2D eigenvalue weighted by Gasteiger charge is -2.13. The van der Waals surface area contributed by atoms with Gasteiger partial charge in [0.2, 0.25) is 5.89 Å². The van der Waals surface area contributed by atoms with E-state index in [1.807, 2.05) is 24.3 Å². The van der Waals surface area contributed by atoms with Gasteiger partial charge < -0.3 is 20.2 Å². The summed E-state index contributed by atoms with van der Waals surface area (Å²) in [6.07, 6.45) is 3.84. The fourth-order valence-electron chi connectivity index (χ4n) is 3.14. The molecule has 1 saturated heterocycles. The van der Waals surface area contributed by atoms with E-state index in [1.54, 1.807) is 18.3 Å². The van der Waals surface area contributed by atoms with Crippen LogP contribution in [-0.2, 0) is 0 Å². The number of carbonyl (C=O) groups excluding carboxylic acids is 1. The third kappa shape index (κ3) is 2.61. The van der Waals surface area contributed by atoms with Gasteiger partial charge in [-0.3, -0.25) is 4.79 Å². The van der Waals surface area contributed by atoms with Crippen LogP contribution in [0.15, 0.2) is 53.3 Å². The summed E-state index contributed by atoms with van der Waals surface area (Å²) in [4.78, 5) is 16.7. The number of phenolic OH excluding ortho intramolecular Hbond substituents is 1. The molecule has 1 fully saturated rings. The number of amides is 1. The molecule has 2 aromatic carbocycles. The predicted octanol–water partition coefficient (Wildman–Crippen LogP) is 2.37. The molecule has 3 aromatic rings. The zero-order valence-corrected chi connectivity index (χ0v) is 12.9. The van der Waals surface area contributed by atoms with Crippen molar-refractivity contribution >= 4 is 16.7 Å². The molecule has 1 aliphatic rings. The highest BCUT2D eigenvalue weighted by Crippen LogP contribution is 2.29. The standard InChI is InChI=1S/C18H17N3O3/c22-16-13-4-2-1-3-11(13)5-6-14(16)17(23)21-12-9-15(20-10-12)18-19-7-8-24-18/h1-8,12,15,20,22H,9-10H2,(H,21,23). The van der Waals surface area contributed by atoms with Gasteiger partial charge in [0.05, 0.1) is 17.8 Å². The van der Waals surface area contributed by atoms with Gasteiger partial charge in [0.15, 0.2) is 0 Å². The minimum Gasteiger partial charge on any atom is -0.506 e. The molecular formula is C18H17N3O3. The minimum atomic E-state index is -0.280. The van der Waals surface area contributed by atoms with E-state index < -0.39 is 0 Å². The molecule has 1 amide bonds. The number of benzene rings is 2. The van der Waals surface area contributed by atoms with E-state index in [9.17, 15) is 9.90 Å². The van der Waals surface area contributed by atoms with Crippen LogP contribution >= 0.6 is 0 Å². The fourth-order valence-corrected chi connectivity index (χ4v) is 3.14. The summed E-state index contributed by atoms with van der Waals surface area (Å²) in [7, 11) is 0. The van der Waals surface area contributed by atoms with E-state index in [1.165, 1.54) is 6.26 Å². The maximum Gasteiger partial charge on any atom is 0.255 e. The highest BCUT2D eigenvalue weighted by atomic mass is 16.3. The van der Waals surface area contributed by atoms with Crippen LogP contribution < -0.4 is 10.6 Å². The van der Waals surface area contributed by atoms with Crippen molar-refractivity contribution in [2.24, 2.45) is 0 Å². The Hall–Kier alpha value is -2.86. The van der Waals surface area contributed by atoms with Gasteiger partial charge in [-0.25, -0.2) is 4.98 Å². The van der Waals surface area contributed by atoms with Crippen molar-refractivity contribution in [3.05, 3.63) is 60.3 Å². The molecule has 2 atom stereocenters. The summed E-state index contributed by atoms with van der Waals surface area (Å²) >= 11 is 0. The molecule has 2 unspecified atom stereocenters. The number of aromatic hydroxyl groups is 1. The molecule has 0 aliphatic carbocycles. The summed E-state index contributed by atoms with van der Waals surface area (Å²) in [6.45, 7) is 0.632. The lowest BCUT2D eigenvalue weighted by molar-refractivity contribution is 0.0937. The van der Waals surface area contributed by atoms with E-state index in [-0.39, 0.29) is 29.3 Å². The number of rotatable bonds is 3. The zero-order valence-electron chi connectivity index (χ0n) is 12.9. The van der Waals surface area contributed by atoms with E-state index in [0.717, 1.165) is 5.39 Å². The van der Waals surface area contributed by atoms with Crippen LogP contribution in [0.1, 0.15) is 28.7 Å². The van der Waals surface area contributed by atoms with Crippen LogP contribution in [0.3, 0.4) is 0 Å². The monoisotopic (exact) mass is 323 g/mol. The molecule has 0 radical (unpaired) electrons. The molecule has 0 bridgehead atoms. The molecule has 0 spiro atoms. The largest absolute Gasteiger partial charge is 0.506 e. The minimum absolute atomic E-state index is 0.00417. The van der Waals surface area contributed by atoms with Crippen molar-refractivity contribution in [1.29, 1.82) is 0 Å². The van der Waals surface area contributed by atoms with Crippen molar-refractivity contribution in [2.75, 3.05) is 6.54 Å². The van der Waals surface area contributed by atoms with Crippen molar-refractivity contribution in [3.63, 3.8) is 0 Å². The maximum absolute atomic E-state index is 12.5. The first-order valence-corrected chi connectivity index (χ1v) is 7.87. The molecule has 4 rings (SSSR count). The average Bonchev–Trinajstić information content (AvgIpc) is 3.26. The van der Waals surface area contributed by atoms with Gasteiger partial charge in [-0.15, -0.1) is 0 Å². The Morgan fingerprint density at radius 3 is 3.00 bits per heavy atom. The number of carbonyl (C=O) groups is 1. The van der Waals surface area contributed by atoms with Crippen molar-refractivity contribution in [1.82, 2.24) is 15.6 Å². The number of nitrogens with zero attached hydrogens (tertiary/aromatic N) is 1. The lowest BCUT2D eigenvalue weighted by Crippen LogP contribution is -2.36. The smallest absolute Gasteiger partial charge is 0.255 e. The molecule has 122 valence electrons. The second-order valence-electron chi connectivity index (χ2n) is 5.92. The van der Waals surface area contributed by atoms with Crippen molar-refractivity contribution in [2.45, 2.75) is 18.5 Å². The second kappa shape index (κ2) is 5.98. The van der Waals surface area contributed by atoms with Gasteiger partial charge in [-0.2, -0.15) is 0 Å². The quantitative estimate of drug-likeness (QED) is 0.689. The molecular weight excluding hydrogens is 306 g/mol. The van der Waals surface area contributed by atoms with Gasteiger partial charge in [-0.1, -0.05) is 30.3 Å². The number of hydrogen-bond acceptors (Lipinski definition) is 5. The first-order valence-electron chi connectivity index (χ1n) is 7.87. The fraction of sp³-hybridized carbons (Fsp3) is 0.222. The highest BCUT2D eigenvalue weighted by molar-refractivity contribution is 6.03. The SMILES string of the molecule is O=C(NC1CNC(c2ncco2)C1)c1ccc2ccccc2c1O. The molecule has 2 heterocycles. The van der Waals surface area contributed by atoms with Gasteiger partial charge in [0, 0.05) is 18.0 Å². The van der Waals surface area contributed by atoms with E-state index in [2.05, 4.69) is 15.6 Å². The van der Waals surface area contributed by atoms with Gasteiger partial charge in [0.1, 0.15) is 12.0 Å². The normalized spacial score (nSPS) is 20.3. The van der Waals surface area contributed by atoms with Crippen LogP contribution in [0.5, 0.6) is 5.75 Å². The van der Waals surface area contributed by atoms with Crippen molar-refractivity contribution < 1.29 is 14.3 Å². The Balaban J connectivity index is 1.50. The second-order valence-corrected chi connectivity index (χ2v) is 5.92. The Kier molecular flexibility index (Phi) is 3.66. The Morgan fingerprint density at radius 1 is 1.29 bits per heavy atom. The number of fused-ring (bicyclic) bond motifs is 1. The van der Waals surface area contributed by atoms with Crippen LogP contribution in [0, 0.1) is 0 Å². The summed E-state index contributed by atoms with van der Waals surface area (Å²) in [5.74, 6) is 0.360. The molecule has 6 nitrogen and oxygen atoms in total. The summed E-state index contributed by atoms with van der Waals surface area (Å²) in [5, 5.41) is 18.2. The highest BCUT2D eigenvalue weighted by Gasteiger charge is 2.29. The predicted molar refractivity (Wildman–Crippen MR) is 88.7 cm³/mol. The number of aromatic nitrogens is 1. The Labute approximate surface area is 138 Å². The van der Waals surface area contributed by atoms with E-state index in [0.29, 0.717) is 24.2 Å². The Bertz CT molecular complexity index is 876. The third-order valence-electron chi connectivity index (χ3n) is 4.36. The summed E-state index contributed by atoms with van der Waals surface area (Å²) in [5.41, 5.74) is 0.285. The summed E-state index contributed by atoms with van der Waals surface area (Å²) in [6, 6.07) is 10.9. The topological polar surface area (TPSA) is 87.4 Å². The molecule has 6 heteroatoms. The summed E-state index contributed by atoms with van der Waals surface area (Å²) < 4.78 is 5.30. The number of oxazole rings is 1. The van der Waals surface area contributed by atoms with Crippen LogP contribution in [-0.4, -0.2) is 28.6 Å². The third-order valence-corrected chi connectivity index (χ3v) is 4.36. The first kappa shape index (κ1) is 14.7. The molecule has 3 N–H and O–H groups in total. The Morgan fingerprint density at radius 2 is 2.17 bits per heavy atom. The van der Waals surface area contributed by atoms with Gasteiger partial charge in [-0.05, 0) is 17.9 Å². The van der Waals surface area contributed by atoms with Crippen molar-refractivity contribution in [3.8, 4) is 5.75 Å². The molecule has 1 aromatic heterocycles. The number of nitrogens with one attached hydrogen (secondary N) is 2. The van der Waals surface area contributed by atoms with E-state index >= 15 is 0 Å². The molecule has 24 heavy (non-hydrogen) atoms. The molecule has 0 saturated carbocycles. The molecule has 1 aliphatic heterocycles. The zero-order chi connectivity index (χ0) is 16.5. The first-order chi connectivity index (χ1) is 11.7. The van der Waals surface area contributed by atoms with Crippen LogP contribution in [0.4, 0.5) is 0 Å². The number of hydrogen-bond donors (Lipinski definition) is 3. The lowest BCUT2D eigenvalue weighted by atomic mass is 10.0. The number of phenols is 1. The van der Waals surface area contributed by atoms with Gasteiger partial charge >= 0.3 is 0 Å². The van der Waals surface area contributed by atoms with Crippen LogP contribution in [0.25, 0.3) is 10.8 Å².